The van der Waals surface area contributed by atoms with Crippen LogP contribution in [0.4, 0.5) is 5.82 Å². The van der Waals surface area contributed by atoms with Crippen molar-refractivity contribution in [3.8, 4) is 0 Å². The molecule has 6 heteroatoms. The smallest absolute Gasteiger partial charge is 0.194 e. The van der Waals surface area contributed by atoms with Crippen molar-refractivity contribution in [3.63, 3.8) is 0 Å². The number of hydrogen-bond acceptors (Lipinski definition) is 4. The fourth-order valence-electron chi connectivity index (χ4n) is 0.787. The SMILES string of the molecule is CSc1ccnc(N(C)[N+](=O)[O-])c1. The van der Waals surface area contributed by atoms with Gasteiger partial charge in [-0.3, -0.25) is 0 Å². The minimum atomic E-state index is -0.508. The summed E-state index contributed by atoms with van der Waals surface area (Å²) in [4.78, 5) is 15.2. The van der Waals surface area contributed by atoms with Gasteiger partial charge in [0.25, 0.3) is 0 Å². The predicted molar refractivity (Wildman–Crippen MR) is 51.4 cm³/mol. The third-order valence-electron chi connectivity index (χ3n) is 1.53. The Labute approximate surface area is 79.9 Å². The summed E-state index contributed by atoms with van der Waals surface area (Å²) in [5.74, 6) is 0.344. The number of thioether (sulfide) groups is 1. The van der Waals surface area contributed by atoms with Crippen LogP contribution in [0.3, 0.4) is 0 Å². The summed E-state index contributed by atoms with van der Waals surface area (Å²) in [6, 6.07) is 3.48. The van der Waals surface area contributed by atoms with E-state index in [1.54, 1.807) is 12.3 Å². The Kier molecular flexibility index (Phi) is 3.07. The molecule has 70 valence electrons. The zero-order valence-electron chi connectivity index (χ0n) is 7.30. The van der Waals surface area contributed by atoms with Crippen LogP contribution in [0.25, 0.3) is 0 Å². The molecule has 1 rings (SSSR count). The monoisotopic (exact) mass is 199 g/mol. The largest absolute Gasteiger partial charge is 0.234 e. The minimum absolute atomic E-state index is 0.344. The number of nitro groups is 1. The Morgan fingerprint density at radius 2 is 2.38 bits per heavy atom. The standard InChI is InChI=1S/C7H9N3O2S/c1-9(10(11)12)7-5-6(13-2)3-4-8-7/h3-5H,1-2H3. The van der Waals surface area contributed by atoms with Gasteiger partial charge in [0.1, 0.15) is 0 Å². The van der Waals surface area contributed by atoms with E-state index in [1.807, 2.05) is 12.3 Å². The number of aromatic nitrogens is 1. The number of anilines is 1. The lowest BCUT2D eigenvalue weighted by molar-refractivity contribution is -0.490. The van der Waals surface area contributed by atoms with Crippen molar-refractivity contribution in [2.24, 2.45) is 0 Å². The Hall–Kier alpha value is -1.30. The lowest BCUT2D eigenvalue weighted by Gasteiger charge is -2.07. The van der Waals surface area contributed by atoms with Gasteiger partial charge in [-0.25, -0.2) is 15.1 Å². The van der Waals surface area contributed by atoms with Crippen LogP contribution in [0.5, 0.6) is 0 Å². The van der Waals surface area contributed by atoms with Gasteiger partial charge in [0.05, 0.1) is 7.05 Å². The Bertz CT molecular complexity index is 318. The molecule has 0 N–H and O–H groups in total. The number of nitrogens with zero attached hydrogens (tertiary/aromatic N) is 3. The van der Waals surface area contributed by atoms with Gasteiger partial charge in [0.2, 0.25) is 0 Å². The van der Waals surface area contributed by atoms with Crippen LogP contribution in [0.15, 0.2) is 23.2 Å². The van der Waals surface area contributed by atoms with Gasteiger partial charge in [-0.1, -0.05) is 5.01 Å². The molecule has 0 amide bonds. The first-order valence-corrected chi connectivity index (χ1v) is 4.75. The molecule has 0 unspecified atom stereocenters. The van der Waals surface area contributed by atoms with Crippen molar-refractivity contribution in [1.29, 1.82) is 0 Å². The van der Waals surface area contributed by atoms with Gasteiger partial charge >= 0.3 is 0 Å². The van der Waals surface area contributed by atoms with Crippen molar-refractivity contribution >= 4 is 17.6 Å². The number of hydrogen-bond donors (Lipinski definition) is 0. The summed E-state index contributed by atoms with van der Waals surface area (Å²) >= 11 is 1.52. The van der Waals surface area contributed by atoms with E-state index < -0.39 is 5.03 Å². The lowest BCUT2D eigenvalue weighted by Crippen LogP contribution is -2.25. The van der Waals surface area contributed by atoms with Crippen molar-refractivity contribution in [1.82, 2.24) is 4.98 Å². The van der Waals surface area contributed by atoms with Gasteiger partial charge in [-0.05, 0) is 12.3 Å². The van der Waals surface area contributed by atoms with Gasteiger partial charge in [-0.15, -0.1) is 11.8 Å². The molecular weight excluding hydrogens is 190 g/mol. The predicted octanol–water partition coefficient (Wildman–Crippen LogP) is 1.43. The molecule has 5 nitrogen and oxygen atoms in total. The average molecular weight is 199 g/mol. The first-order valence-electron chi connectivity index (χ1n) is 3.53. The van der Waals surface area contributed by atoms with Crippen molar-refractivity contribution in [3.05, 3.63) is 28.4 Å². The van der Waals surface area contributed by atoms with Crippen molar-refractivity contribution in [2.45, 2.75) is 4.90 Å². The topological polar surface area (TPSA) is 59.3 Å². The fraction of sp³-hybridized carbons (Fsp3) is 0.286. The zero-order chi connectivity index (χ0) is 9.84. The van der Waals surface area contributed by atoms with Gasteiger partial charge in [0, 0.05) is 17.2 Å². The Morgan fingerprint density at radius 3 is 2.92 bits per heavy atom. The molecule has 0 radical (unpaired) electrons. The number of rotatable bonds is 3. The molecule has 0 saturated heterocycles. The maximum Gasteiger partial charge on any atom is 0.194 e. The van der Waals surface area contributed by atoms with Crippen LogP contribution in [-0.2, 0) is 0 Å². The highest BCUT2D eigenvalue weighted by molar-refractivity contribution is 7.98. The highest BCUT2D eigenvalue weighted by Gasteiger charge is 2.11. The van der Waals surface area contributed by atoms with E-state index in [2.05, 4.69) is 4.98 Å². The first kappa shape index (κ1) is 9.79. The molecule has 0 saturated carbocycles. The zero-order valence-corrected chi connectivity index (χ0v) is 8.11. The van der Waals surface area contributed by atoms with E-state index in [-0.39, 0.29) is 0 Å². The van der Waals surface area contributed by atoms with Crippen molar-refractivity contribution < 1.29 is 5.03 Å². The van der Waals surface area contributed by atoms with Crippen LogP contribution in [0.2, 0.25) is 0 Å². The molecule has 0 aliphatic rings. The maximum absolute atomic E-state index is 10.4. The summed E-state index contributed by atoms with van der Waals surface area (Å²) in [5, 5.41) is 10.8. The molecule has 1 aromatic heterocycles. The highest BCUT2D eigenvalue weighted by Crippen LogP contribution is 2.18. The van der Waals surface area contributed by atoms with Gasteiger partial charge in [0.15, 0.2) is 10.9 Å². The van der Waals surface area contributed by atoms with Crippen molar-refractivity contribution in [2.75, 3.05) is 18.3 Å². The third-order valence-corrected chi connectivity index (χ3v) is 2.25. The average Bonchev–Trinajstić information content (AvgIpc) is 2.16. The van der Waals surface area contributed by atoms with Crippen LogP contribution < -0.4 is 5.01 Å². The van der Waals surface area contributed by atoms with Crippen LogP contribution >= 0.6 is 11.8 Å². The second-order valence-electron chi connectivity index (χ2n) is 2.32. The van der Waals surface area contributed by atoms with E-state index in [0.717, 1.165) is 9.90 Å². The molecule has 13 heavy (non-hydrogen) atoms. The normalized spacial score (nSPS) is 9.69. The fourth-order valence-corrected chi connectivity index (χ4v) is 1.21. The molecule has 0 aromatic carbocycles. The first-order chi connectivity index (χ1) is 6.15. The molecular formula is C7H9N3O2S. The molecule has 0 fully saturated rings. The van der Waals surface area contributed by atoms with Crippen LogP contribution in [-0.4, -0.2) is 23.3 Å². The second kappa shape index (κ2) is 4.08. The summed E-state index contributed by atoms with van der Waals surface area (Å²) in [6.07, 6.45) is 3.46. The number of hydrazine groups is 1. The third kappa shape index (κ3) is 2.32. The molecule has 0 spiro atoms. The second-order valence-corrected chi connectivity index (χ2v) is 3.19. The molecule has 0 aliphatic carbocycles. The summed E-state index contributed by atoms with van der Waals surface area (Å²) in [7, 11) is 1.37. The quantitative estimate of drug-likeness (QED) is 0.418. The van der Waals surface area contributed by atoms with E-state index >= 15 is 0 Å². The van der Waals surface area contributed by atoms with E-state index in [9.17, 15) is 10.1 Å². The minimum Gasteiger partial charge on any atom is -0.234 e. The van der Waals surface area contributed by atoms with E-state index in [4.69, 9.17) is 0 Å². The molecule has 1 heterocycles. The molecule has 1 aromatic rings. The molecule has 0 atom stereocenters. The van der Waals surface area contributed by atoms with Crippen LogP contribution in [0, 0.1) is 10.1 Å². The summed E-state index contributed by atoms with van der Waals surface area (Å²) in [5.41, 5.74) is 0. The van der Waals surface area contributed by atoms with Gasteiger partial charge < -0.3 is 0 Å². The van der Waals surface area contributed by atoms with Crippen LogP contribution in [0.1, 0.15) is 0 Å². The number of pyridine rings is 1. The van der Waals surface area contributed by atoms with E-state index in [1.165, 1.54) is 18.8 Å². The lowest BCUT2D eigenvalue weighted by atomic mass is 10.4. The summed E-state index contributed by atoms with van der Waals surface area (Å²) < 4.78 is 0. The summed E-state index contributed by atoms with van der Waals surface area (Å²) in [6.45, 7) is 0. The van der Waals surface area contributed by atoms with Gasteiger partial charge in [-0.2, -0.15) is 0 Å². The maximum atomic E-state index is 10.4. The highest BCUT2D eigenvalue weighted by atomic mass is 32.2. The van der Waals surface area contributed by atoms with E-state index in [0.29, 0.717) is 5.82 Å². The Morgan fingerprint density at radius 1 is 1.69 bits per heavy atom. The molecule has 0 bridgehead atoms. The Balaban J connectivity index is 2.94. The molecule has 0 aliphatic heterocycles.